The van der Waals surface area contributed by atoms with Crippen LogP contribution in [0.25, 0.3) is 0 Å². The first kappa shape index (κ1) is 20.2. The minimum atomic E-state index is -0.333. The number of ketones is 1. The molecule has 0 saturated carbocycles. The topological polar surface area (TPSA) is 75.7 Å². The third-order valence-corrected chi connectivity index (χ3v) is 4.15. The van der Waals surface area contributed by atoms with Crippen molar-refractivity contribution in [2.45, 2.75) is 20.8 Å². The number of nitrogens with zero attached hydrogens (tertiary/aromatic N) is 1. The van der Waals surface area contributed by atoms with Crippen LogP contribution in [0.5, 0.6) is 5.75 Å². The summed E-state index contributed by atoms with van der Waals surface area (Å²) in [6.45, 7) is 5.01. The van der Waals surface area contributed by atoms with Gasteiger partial charge in [-0.25, -0.2) is 0 Å². The predicted octanol–water partition coefficient (Wildman–Crippen LogP) is 2.98. The summed E-state index contributed by atoms with van der Waals surface area (Å²) in [5.41, 5.74) is 3.21. The Morgan fingerprint density at radius 1 is 1.04 bits per heavy atom. The zero-order chi connectivity index (χ0) is 20.0. The van der Waals surface area contributed by atoms with Crippen molar-refractivity contribution in [1.82, 2.24) is 4.90 Å². The van der Waals surface area contributed by atoms with E-state index in [-0.39, 0.29) is 30.7 Å². The first-order chi connectivity index (χ1) is 12.8. The van der Waals surface area contributed by atoms with Crippen molar-refractivity contribution in [2.24, 2.45) is 0 Å². The third-order valence-electron chi connectivity index (χ3n) is 4.15. The fraction of sp³-hybridized carbons (Fsp3) is 0.286. The molecule has 0 bridgehead atoms. The first-order valence-electron chi connectivity index (χ1n) is 8.61. The molecule has 1 N–H and O–H groups in total. The van der Waals surface area contributed by atoms with Crippen molar-refractivity contribution in [2.75, 3.05) is 25.5 Å². The molecule has 0 aromatic heterocycles. The molecule has 2 amide bonds. The van der Waals surface area contributed by atoms with E-state index in [2.05, 4.69) is 5.32 Å². The van der Waals surface area contributed by atoms with Crippen LogP contribution in [0, 0.1) is 13.8 Å². The second-order valence-electron chi connectivity index (χ2n) is 6.44. The number of likely N-dealkylation sites (N-methyl/N-ethyl adjacent to an activating group) is 1. The van der Waals surface area contributed by atoms with E-state index in [9.17, 15) is 14.4 Å². The van der Waals surface area contributed by atoms with Crippen LogP contribution in [-0.2, 0) is 9.59 Å². The van der Waals surface area contributed by atoms with Crippen LogP contribution >= 0.6 is 0 Å². The van der Waals surface area contributed by atoms with Gasteiger partial charge in [0.05, 0.1) is 6.54 Å². The van der Waals surface area contributed by atoms with E-state index in [0.29, 0.717) is 11.3 Å². The van der Waals surface area contributed by atoms with Crippen LogP contribution in [0.4, 0.5) is 5.69 Å². The van der Waals surface area contributed by atoms with E-state index in [4.69, 9.17) is 4.74 Å². The fourth-order valence-corrected chi connectivity index (χ4v) is 2.55. The van der Waals surface area contributed by atoms with Crippen molar-refractivity contribution in [3.63, 3.8) is 0 Å². The molecular weight excluding hydrogens is 344 g/mol. The Kier molecular flexibility index (Phi) is 6.71. The molecule has 0 fully saturated rings. The summed E-state index contributed by atoms with van der Waals surface area (Å²) in [5.74, 6) is -0.252. The van der Waals surface area contributed by atoms with Gasteiger partial charge in [-0.05, 0) is 44.0 Å². The summed E-state index contributed by atoms with van der Waals surface area (Å²) >= 11 is 0. The number of carbonyl (C=O) groups excluding carboxylic acids is 3. The Bertz CT molecular complexity index is 841. The molecule has 0 radical (unpaired) electrons. The Balaban J connectivity index is 1.89. The minimum Gasteiger partial charge on any atom is -0.484 e. The number of Topliss-reactive ketones (excluding diaryl/α,β-unsaturated/α-hetero) is 1. The van der Waals surface area contributed by atoms with Gasteiger partial charge in [-0.1, -0.05) is 30.3 Å². The molecule has 142 valence electrons. The van der Waals surface area contributed by atoms with Gasteiger partial charge in [0.1, 0.15) is 5.75 Å². The average molecular weight is 368 g/mol. The molecule has 6 heteroatoms. The normalized spacial score (nSPS) is 10.2. The highest BCUT2D eigenvalue weighted by Crippen LogP contribution is 2.19. The van der Waals surface area contributed by atoms with Crippen LogP contribution in [0.1, 0.15) is 28.4 Å². The number of anilines is 1. The quantitative estimate of drug-likeness (QED) is 0.763. The van der Waals surface area contributed by atoms with Gasteiger partial charge in [-0.15, -0.1) is 0 Å². The number of ether oxygens (including phenoxy) is 1. The highest BCUT2D eigenvalue weighted by atomic mass is 16.5. The average Bonchev–Trinajstić information content (AvgIpc) is 2.63. The minimum absolute atomic E-state index is 0.0768. The molecule has 2 rings (SSSR count). The van der Waals surface area contributed by atoms with Gasteiger partial charge in [-0.3, -0.25) is 14.4 Å². The van der Waals surface area contributed by atoms with Crippen LogP contribution in [0.2, 0.25) is 0 Å². The smallest absolute Gasteiger partial charge is 0.260 e. The number of rotatable bonds is 7. The molecule has 0 unspecified atom stereocenters. The van der Waals surface area contributed by atoms with Gasteiger partial charge in [0.15, 0.2) is 12.4 Å². The largest absolute Gasteiger partial charge is 0.484 e. The van der Waals surface area contributed by atoms with E-state index in [1.807, 2.05) is 32.0 Å². The molecule has 0 aliphatic heterocycles. The Morgan fingerprint density at radius 3 is 2.30 bits per heavy atom. The van der Waals surface area contributed by atoms with Gasteiger partial charge in [-0.2, -0.15) is 0 Å². The van der Waals surface area contributed by atoms with E-state index in [1.165, 1.54) is 11.8 Å². The van der Waals surface area contributed by atoms with Gasteiger partial charge < -0.3 is 15.0 Å². The van der Waals surface area contributed by atoms with Crippen molar-refractivity contribution in [3.8, 4) is 5.75 Å². The maximum atomic E-state index is 12.2. The summed E-state index contributed by atoms with van der Waals surface area (Å²) in [5, 5.41) is 2.85. The van der Waals surface area contributed by atoms with Crippen LogP contribution in [0.3, 0.4) is 0 Å². The number of carbonyl (C=O) groups is 3. The Hall–Kier alpha value is -3.15. The zero-order valence-electron chi connectivity index (χ0n) is 16.0. The molecular formula is C21H24N2O4. The number of aryl methyl sites for hydroxylation is 2. The molecule has 27 heavy (non-hydrogen) atoms. The summed E-state index contributed by atoms with van der Waals surface area (Å²) in [6.07, 6.45) is 0. The van der Waals surface area contributed by atoms with Gasteiger partial charge in [0.25, 0.3) is 5.91 Å². The van der Waals surface area contributed by atoms with E-state index < -0.39 is 0 Å². The lowest BCUT2D eigenvalue weighted by molar-refractivity contribution is -0.135. The second kappa shape index (κ2) is 8.98. The molecule has 0 aliphatic rings. The lowest BCUT2D eigenvalue weighted by atomic mass is 10.1. The van der Waals surface area contributed by atoms with Crippen LogP contribution in [0.15, 0.2) is 42.5 Å². The number of benzene rings is 2. The molecule has 0 atom stereocenters. The van der Waals surface area contributed by atoms with Gasteiger partial charge in [0, 0.05) is 18.3 Å². The number of nitrogens with one attached hydrogen (secondary N) is 1. The maximum absolute atomic E-state index is 12.2. The van der Waals surface area contributed by atoms with Crippen molar-refractivity contribution in [1.29, 1.82) is 0 Å². The van der Waals surface area contributed by atoms with Crippen molar-refractivity contribution < 1.29 is 19.1 Å². The Labute approximate surface area is 159 Å². The number of para-hydroxylation sites is 1. The zero-order valence-corrected chi connectivity index (χ0v) is 16.0. The Morgan fingerprint density at radius 2 is 1.67 bits per heavy atom. The van der Waals surface area contributed by atoms with Crippen molar-refractivity contribution >= 4 is 23.3 Å². The molecule has 0 saturated heterocycles. The third kappa shape index (κ3) is 5.67. The molecule has 0 spiro atoms. The molecule has 0 heterocycles. The summed E-state index contributed by atoms with van der Waals surface area (Å²) in [7, 11) is 1.54. The summed E-state index contributed by atoms with van der Waals surface area (Å²) in [4.78, 5) is 37.1. The highest BCUT2D eigenvalue weighted by Gasteiger charge is 2.15. The standard InChI is InChI=1S/C21H24N2O4/c1-14-7-5-8-15(2)21(14)22-19(25)12-23(4)20(26)13-27-18-10-6-9-17(11-18)16(3)24/h5-11H,12-13H2,1-4H3,(H,22,25). The number of amides is 2. The lowest BCUT2D eigenvalue weighted by Crippen LogP contribution is -2.37. The van der Waals surface area contributed by atoms with E-state index in [0.717, 1.165) is 16.8 Å². The van der Waals surface area contributed by atoms with Crippen LogP contribution in [-0.4, -0.2) is 42.7 Å². The van der Waals surface area contributed by atoms with E-state index >= 15 is 0 Å². The monoisotopic (exact) mass is 368 g/mol. The lowest BCUT2D eigenvalue weighted by Gasteiger charge is -2.18. The fourth-order valence-electron chi connectivity index (χ4n) is 2.55. The number of hydrogen-bond acceptors (Lipinski definition) is 4. The van der Waals surface area contributed by atoms with Gasteiger partial charge >= 0.3 is 0 Å². The second-order valence-corrected chi connectivity index (χ2v) is 6.44. The molecule has 2 aromatic carbocycles. The maximum Gasteiger partial charge on any atom is 0.260 e. The van der Waals surface area contributed by atoms with Gasteiger partial charge in [0.2, 0.25) is 5.91 Å². The summed E-state index contributed by atoms with van der Waals surface area (Å²) in [6, 6.07) is 12.4. The number of hydrogen-bond donors (Lipinski definition) is 1. The van der Waals surface area contributed by atoms with Crippen molar-refractivity contribution in [3.05, 3.63) is 59.2 Å². The van der Waals surface area contributed by atoms with E-state index in [1.54, 1.807) is 31.3 Å². The molecule has 2 aromatic rings. The predicted molar refractivity (Wildman–Crippen MR) is 104 cm³/mol. The van der Waals surface area contributed by atoms with Crippen LogP contribution < -0.4 is 10.1 Å². The SMILES string of the molecule is CC(=O)c1cccc(OCC(=O)N(C)CC(=O)Nc2c(C)cccc2C)c1. The highest BCUT2D eigenvalue weighted by molar-refractivity contribution is 5.96. The molecule has 6 nitrogen and oxygen atoms in total. The summed E-state index contributed by atoms with van der Waals surface area (Å²) < 4.78 is 5.44. The first-order valence-corrected chi connectivity index (χ1v) is 8.61. The molecule has 0 aliphatic carbocycles.